The summed E-state index contributed by atoms with van der Waals surface area (Å²) in [5.74, 6) is -0.346. The number of carbonyl (C=O) groups excluding carboxylic acids is 2. The molecule has 2 aromatic carbocycles. The van der Waals surface area contributed by atoms with Gasteiger partial charge in [0.2, 0.25) is 0 Å². The number of thioether (sulfide) groups is 1. The number of ether oxygens (including phenoxy) is 2. The fraction of sp³-hybridized carbons (Fsp3) is 0.273. The van der Waals surface area contributed by atoms with Gasteiger partial charge in [-0.15, -0.1) is 0 Å². The van der Waals surface area contributed by atoms with E-state index in [2.05, 4.69) is 5.32 Å². The lowest BCUT2D eigenvalue weighted by Gasteiger charge is -2.27. The van der Waals surface area contributed by atoms with Gasteiger partial charge >= 0.3 is 0 Å². The summed E-state index contributed by atoms with van der Waals surface area (Å²) in [5.41, 5.74) is 3.31. The van der Waals surface area contributed by atoms with E-state index in [0.717, 1.165) is 16.0 Å². The van der Waals surface area contributed by atoms with E-state index in [1.807, 2.05) is 43.3 Å². The second-order valence-electron chi connectivity index (χ2n) is 6.62. The number of methoxy groups -OCH3 is 2. The minimum Gasteiger partial charge on any atom is -0.354 e. The van der Waals surface area contributed by atoms with Crippen LogP contribution in [0.1, 0.15) is 21.5 Å². The standard InChI is InChI=1S/C22H24N2O4S/c1-14-7-5-6-8-15(14)12-19-22(26)24(2)17-11-16(9-10-18(17)29-19)21(25)23-13-20(27-3)28-4/h5-12,20H,13H2,1-4H3,(H,23,25)/b19-12-. The molecular weight excluding hydrogens is 388 g/mol. The molecule has 1 aliphatic rings. The Morgan fingerprint density at radius 2 is 1.93 bits per heavy atom. The third-order valence-electron chi connectivity index (χ3n) is 4.75. The van der Waals surface area contributed by atoms with Gasteiger partial charge < -0.3 is 19.7 Å². The number of hydrogen-bond donors (Lipinski definition) is 1. The number of rotatable bonds is 6. The number of aryl methyl sites for hydroxylation is 1. The highest BCUT2D eigenvalue weighted by molar-refractivity contribution is 8.04. The number of carbonyl (C=O) groups is 2. The van der Waals surface area contributed by atoms with Gasteiger partial charge in [-0.25, -0.2) is 0 Å². The monoisotopic (exact) mass is 412 g/mol. The fourth-order valence-electron chi connectivity index (χ4n) is 2.97. The Kier molecular flexibility index (Phi) is 6.74. The quantitative estimate of drug-likeness (QED) is 0.581. The number of nitrogens with one attached hydrogen (secondary N) is 1. The Hall–Kier alpha value is -2.61. The molecule has 7 heteroatoms. The summed E-state index contributed by atoms with van der Waals surface area (Å²) < 4.78 is 10.2. The maximum Gasteiger partial charge on any atom is 0.264 e. The number of fused-ring (bicyclic) bond motifs is 1. The van der Waals surface area contributed by atoms with E-state index in [4.69, 9.17) is 9.47 Å². The largest absolute Gasteiger partial charge is 0.354 e. The zero-order valence-electron chi connectivity index (χ0n) is 16.9. The van der Waals surface area contributed by atoms with Gasteiger partial charge in [0.15, 0.2) is 6.29 Å². The average Bonchev–Trinajstić information content (AvgIpc) is 2.73. The summed E-state index contributed by atoms with van der Waals surface area (Å²) >= 11 is 1.42. The van der Waals surface area contributed by atoms with E-state index in [9.17, 15) is 9.59 Å². The Balaban J connectivity index is 1.83. The first-order valence-electron chi connectivity index (χ1n) is 9.15. The van der Waals surface area contributed by atoms with E-state index in [0.29, 0.717) is 16.2 Å². The second-order valence-corrected chi connectivity index (χ2v) is 7.71. The zero-order valence-corrected chi connectivity index (χ0v) is 17.7. The third-order valence-corrected chi connectivity index (χ3v) is 5.83. The minimum atomic E-state index is -0.509. The summed E-state index contributed by atoms with van der Waals surface area (Å²) in [7, 11) is 4.75. The van der Waals surface area contributed by atoms with Crippen LogP contribution in [0.15, 0.2) is 52.3 Å². The average molecular weight is 413 g/mol. The van der Waals surface area contributed by atoms with Crippen LogP contribution in [0, 0.1) is 6.92 Å². The second kappa shape index (κ2) is 9.26. The van der Waals surface area contributed by atoms with Crippen LogP contribution in [0.25, 0.3) is 6.08 Å². The molecule has 0 unspecified atom stereocenters. The van der Waals surface area contributed by atoms with Crippen molar-refractivity contribution in [2.75, 3.05) is 32.7 Å². The zero-order chi connectivity index (χ0) is 21.0. The minimum absolute atomic E-state index is 0.0952. The van der Waals surface area contributed by atoms with Crippen molar-refractivity contribution < 1.29 is 19.1 Å². The summed E-state index contributed by atoms with van der Waals surface area (Å²) in [6.45, 7) is 2.25. The number of likely N-dealkylation sites (N-methyl/N-ethyl adjacent to an activating group) is 1. The molecular formula is C22H24N2O4S. The molecule has 3 rings (SSSR count). The van der Waals surface area contributed by atoms with Gasteiger partial charge in [0.05, 0.1) is 17.1 Å². The predicted octanol–water partition coefficient (Wildman–Crippen LogP) is 3.45. The van der Waals surface area contributed by atoms with E-state index >= 15 is 0 Å². The number of hydrogen-bond acceptors (Lipinski definition) is 5. The van der Waals surface area contributed by atoms with Gasteiger partial charge in [0.1, 0.15) is 0 Å². The lowest BCUT2D eigenvalue weighted by molar-refractivity contribution is -0.114. The van der Waals surface area contributed by atoms with Crippen molar-refractivity contribution in [2.24, 2.45) is 0 Å². The van der Waals surface area contributed by atoms with Crippen LogP contribution in [-0.2, 0) is 14.3 Å². The van der Waals surface area contributed by atoms with E-state index in [-0.39, 0.29) is 18.4 Å². The normalized spacial score (nSPS) is 15.0. The molecule has 0 saturated carbocycles. The summed E-state index contributed by atoms with van der Waals surface area (Å²) in [5, 5.41) is 2.77. The SMILES string of the molecule is COC(CNC(=O)c1ccc2c(c1)N(C)C(=O)/C(=C/c1ccccc1C)S2)OC. The number of anilines is 1. The summed E-state index contributed by atoms with van der Waals surface area (Å²) in [6, 6.07) is 13.3. The lowest BCUT2D eigenvalue weighted by Crippen LogP contribution is -2.34. The molecule has 0 spiro atoms. The topological polar surface area (TPSA) is 67.9 Å². The Morgan fingerprint density at radius 3 is 2.62 bits per heavy atom. The highest BCUT2D eigenvalue weighted by Gasteiger charge is 2.27. The van der Waals surface area contributed by atoms with E-state index in [1.165, 1.54) is 26.0 Å². The first-order valence-corrected chi connectivity index (χ1v) is 9.97. The fourth-order valence-corrected chi connectivity index (χ4v) is 4.05. The molecule has 152 valence electrons. The smallest absolute Gasteiger partial charge is 0.264 e. The van der Waals surface area contributed by atoms with E-state index in [1.54, 1.807) is 24.1 Å². The number of amides is 2. The molecule has 6 nitrogen and oxygen atoms in total. The van der Waals surface area contributed by atoms with Crippen LogP contribution in [0.5, 0.6) is 0 Å². The van der Waals surface area contributed by atoms with Gasteiger partial charge in [0, 0.05) is 31.7 Å². The highest BCUT2D eigenvalue weighted by atomic mass is 32.2. The van der Waals surface area contributed by atoms with Crippen molar-refractivity contribution in [1.82, 2.24) is 5.32 Å². The molecule has 29 heavy (non-hydrogen) atoms. The van der Waals surface area contributed by atoms with Crippen LogP contribution in [0.3, 0.4) is 0 Å². The molecule has 0 aliphatic carbocycles. The summed E-state index contributed by atoms with van der Waals surface area (Å²) in [6.07, 6.45) is 1.41. The van der Waals surface area contributed by atoms with E-state index < -0.39 is 6.29 Å². The molecule has 0 radical (unpaired) electrons. The van der Waals surface area contributed by atoms with Gasteiger partial charge in [-0.05, 0) is 42.3 Å². The van der Waals surface area contributed by atoms with Crippen LogP contribution in [0.4, 0.5) is 5.69 Å². The molecule has 2 amide bonds. The molecule has 0 bridgehead atoms. The maximum atomic E-state index is 12.9. The van der Waals surface area contributed by atoms with Gasteiger partial charge in [-0.1, -0.05) is 36.0 Å². The Morgan fingerprint density at radius 1 is 1.21 bits per heavy atom. The predicted molar refractivity (Wildman–Crippen MR) is 115 cm³/mol. The molecule has 1 aliphatic heterocycles. The van der Waals surface area contributed by atoms with Gasteiger partial charge in [-0.3, -0.25) is 9.59 Å². The lowest BCUT2D eigenvalue weighted by atomic mass is 10.1. The first kappa shape index (κ1) is 21.1. The Labute approximate surface area is 174 Å². The number of nitrogens with zero attached hydrogens (tertiary/aromatic N) is 1. The van der Waals surface area contributed by atoms with Gasteiger partial charge in [0.25, 0.3) is 11.8 Å². The molecule has 2 aromatic rings. The molecule has 0 aromatic heterocycles. The third kappa shape index (κ3) is 4.70. The van der Waals surface area contributed by atoms with Crippen LogP contribution >= 0.6 is 11.8 Å². The molecule has 0 atom stereocenters. The molecule has 0 fully saturated rings. The van der Waals surface area contributed by atoms with Crippen molar-refractivity contribution in [3.8, 4) is 0 Å². The van der Waals surface area contributed by atoms with Crippen LogP contribution in [-0.4, -0.2) is 45.9 Å². The molecule has 1 N–H and O–H groups in total. The van der Waals surface area contributed by atoms with Crippen molar-refractivity contribution in [3.63, 3.8) is 0 Å². The van der Waals surface area contributed by atoms with Crippen LogP contribution in [0.2, 0.25) is 0 Å². The van der Waals surface area contributed by atoms with Crippen molar-refractivity contribution in [1.29, 1.82) is 0 Å². The van der Waals surface area contributed by atoms with Crippen molar-refractivity contribution in [2.45, 2.75) is 18.1 Å². The number of benzene rings is 2. The Bertz CT molecular complexity index is 954. The van der Waals surface area contributed by atoms with Crippen molar-refractivity contribution in [3.05, 3.63) is 64.1 Å². The molecule has 0 saturated heterocycles. The van der Waals surface area contributed by atoms with Gasteiger partial charge in [-0.2, -0.15) is 0 Å². The summed E-state index contributed by atoms with van der Waals surface area (Å²) in [4.78, 5) is 28.5. The van der Waals surface area contributed by atoms with Crippen LogP contribution < -0.4 is 10.2 Å². The maximum absolute atomic E-state index is 12.9. The first-order chi connectivity index (χ1) is 13.9. The van der Waals surface area contributed by atoms with Crippen molar-refractivity contribution >= 4 is 35.3 Å². The molecule has 1 heterocycles. The highest BCUT2D eigenvalue weighted by Crippen LogP contribution is 2.42.